The van der Waals surface area contributed by atoms with E-state index in [2.05, 4.69) is 5.32 Å². The molecule has 0 unspecified atom stereocenters. The Hall–Kier alpha value is -3.86. The number of piperidine rings is 1. The van der Waals surface area contributed by atoms with Crippen LogP contribution in [0.5, 0.6) is 0 Å². The van der Waals surface area contributed by atoms with E-state index in [0.29, 0.717) is 35.1 Å². The molecule has 3 atom stereocenters. The first-order chi connectivity index (χ1) is 16.2. The Bertz CT molecular complexity index is 1340. The Morgan fingerprint density at radius 2 is 1.70 bits per heavy atom. The zero-order valence-electron chi connectivity index (χ0n) is 18.1. The van der Waals surface area contributed by atoms with Gasteiger partial charge in [0.25, 0.3) is 11.8 Å². The van der Waals surface area contributed by atoms with Crippen LogP contribution in [0, 0.1) is 11.8 Å². The van der Waals surface area contributed by atoms with Crippen LogP contribution in [0.2, 0.25) is 0 Å². The summed E-state index contributed by atoms with van der Waals surface area (Å²) in [4.78, 5) is 28.6. The molecule has 33 heavy (non-hydrogen) atoms. The van der Waals surface area contributed by atoms with E-state index in [1.165, 1.54) is 0 Å². The second-order valence-corrected chi connectivity index (χ2v) is 8.94. The van der Waals surface area contributed by atoms with Crippen LogP contribution in [0.3, 0.4) is 0 Å². The molecule has 1 saturated heterocycles. The average molecular weight is 437 g/mol. The maximum Gasteiger partial charge on any atom is 0.254 e. The van der Waals surface area contributed by atoms with Gasteiger partial charge in [0.2, 0.25) is 0 Å². The van der Waals surface area contributed by atoms with E-state index < -0.39 is 0 Å². The van der Waals surface area contributed by atoms with Crippen LogP contribution in [0.4, 0.5) is 0 Å². The largest absolute Gasteiger partial charge is 0.464 e. The summed E-state index contributed by atoms with van der Waals surface area (Å²) in [5, 5.41) is 3.89. The van der Waals surface area contributed by atoms with Crippen molar-refractivity contribution >= 4 is 22.8 Å². The molecular formula is C28H24N2O3. The van der Waals surface area contributed by atoms with Gasteiger partial charge in [-0.2, -0.15) is 0 Å². The minimum atomic E-state index is -0.136. The van der Waals surface area contributed by atoms with Crippen LogP contribution >= 0.6 is 0 Å². The van der Waals surface area contributed by atoms with Gasteiger partial charge >= 0.3 is 0 Å². The van der Waals surface area contributed by atoms with Gasteiger partial charge in [-0.05, 0) is 53.6 Å². The highest BCUT2D eigenvalue weighted by atomic mass is 16.3. The number of hydrogen-bond donors (Lipinski definition) is 1. The third-order valence-corrected chi connectivity index (χ3v) is 7.02. The summed E-state index contributed by atoms with van der Waals surface area (Å²) in [7, 11) is 0. The molecule has 5 heteroatoms. The summed E-state index contributed by atoms with van der Waals surface area (Å²) in [5.41, 5.74) is 3.98. The number of carbonyl (C=O) groups excluding carboxylic acids is 2. The van der Waals surface area contributed by atoms with Gasteiger partial charge in [-0.1, -0.05) is 54.6 Å². The highest BCUT2D eigenvalue weighted by Crippen LogP contribution is 2.50. The molecule has 1 aliphatic heterocycles. The third-order valence-electron chi connectivity index (χ3n) is 7.02. The quantitative estimate of drug-likeness (QED) is 0.479. The number of benzene rings is 3. The minimum absolute atomic E-state index is 0.0128. The summed E-state index contributed by atoms with van der Waals surface area (Å²) < 4.78 is 5.42. The lowest BCUT2D eigenvalue weighted by molar-refractivity contribution is 0.0695. The van der Waals surface area contributed by atoms with Crippen LogP contribution in [0.25, 0.3) is 22.1 Å². The van der Waals surface area contributed by atoms with Gasteiger partial charge in [0.05, 0.1) is 17.9 Å². The number of hydrogen-bond acceptors (Lipinski definition) is 3. The van der Waals surface area contributed by atoms with Crippen molar-refractivity contribution in [2.75, 3.05) is 13.1 Å². The van der Waals surface area contributed by atoms with Crippen LogP contribution < -0.4 is 5.32 Å². The van der Waals surface area contributed by atoms with Crippen molar-refractivity contribution < 1.29 is 14.0 Å². The molecular weight excluding hydrogens is 412 g/mol. The highest BCUT2D eigenvalue weighted by molar-refractivity contribution is 6.06. The van der Waals surface area contributed by atoms with E-state index in [-0.39, 0.29) is 17.9 Å². The normalized spacial score (nSPS) is 21.1. The molecule has 2 heterocycles. The topological polar surface area (TPSA) is 62.6 Å². The van der Waals surface area contributed by atoms with Gasteiger partial charge in [-0.3, -0.25) is 9.59 Å². The molecule has 2 aliphatic rings. The molecule has 0 radical (unpaired) electrons. The summed E-state index contributed by atoms with van der Waals surface area (Å²) >= 11 is 0. The molecule has 1 N–H and O–H groups in total. The first kappa shape index (κ1) is 19.8. The first-order valence-electron chi connectivity index (χ1n) is 11.4. The van der Waals surface area contributed by atoms with Crippen molar-refractivity contribution in [3.8, 4) is 11.1 Å². The number of nitrogens with zero attached hydrogens (tertiary/aromatic N) is 1. The molecule has 3 aromatic carbocycles. The number of fused-ring (bicyclic) bond motifs is 2. The lowest BCUT2D eigenvalue weighted by atomic mass is 9.98. The van der Waals surface area contributed by atoms with Crippen LogP contribution in [-0.2, 0) is 0 Å². The van der Waals surface area contributed by atoms with Gasteiger partial charge in [0.1, 0.15) is 5.58 Å². The predicted molar refractivity (Wildman–Crippen MR) is 127 cm³/mol. The zero-order chi connectivity index (χ0) is 22.4. The van der Waals surface area contributed by atoms with E-state index in [0.717, 1.165) is 29.5 Å². The summed E-state index contributed by atoms with van der Waals surface area (Å²) in [5.74, 6) is 0.904. The fourth-order valence-electron chi connectivity index (χ4n) is 5.24. The Labute approximate surface area is 192 Å². The second kappa shape index (κ2) is 7.93. The molecule has 1 aromatic heterocycles. The molecule has 4 aromatic rings. The van der Waals surface area contributed by atoms with E-state index in [1.807, 2.05) is 77.7 Å². The summed E-state index contributed by atoms with van der Waals surface area (Å²) in [6.07, 6.45) is 2.72. The molecule has 2 amide bonds. The maximum absolute atomic E-state index is 13.7. The van der Waals surface area contributed by atoms with Crippen molar-refractivity contribution in [1.82, 2.24) is 10.2 Å². The van der Waals surface area contributed by atoms with E-state index >= 15 is 0 Å². The van der Waals surface area contributed by atoms with Crippen molar-refractivity contribution in [1.29, 1.82) is 0 Å². The monoisotopic (exact) mass is 436 g/mol. The number of carbonyl (C=O) groups is 2. The second-order valence-electron chi connectivity index (χ2n) is 8.94. The Morgan fingerprint density at radius 1 is 0.909 bits per heavy atom. The molecule has 0 spiro atoms. The van der Waals surface area contributed by atoms with Gasteiger partial charge in [-0.25, -0.2) is 0 Å². The number of amides is 2. The molecule has 2 fully saturated rings. The average Bonchev–Trinajstić information content (AvgIpc) is 3.29. The third kappa shape index (κ3) is 3.50. The van der Waals surface area contributed by atoms with Gasteiger partial charge in [0.15, 0.2) is 0 Å². The lowest BCUT2D eigenvalue weighted by Gasteiger charge is -2.28. The van der Waals surface area contributed by atoms with Crippen molar-refractivity contribution in [2.45, 2.75) is 12.5 Å². The van der Waals surface area contributed by atoms with Gasteiger partial charge < -0.3 is 14.6 Å². The smallest absolute Gasteiger partial charge is 0.254 e. The fourth-order valence-corrected chi connectivity index (χ4v) is 5.24. The fraction of sp³-hybridized carbons (Fsp3) is 0.214. The zero-order valence-corrected chi connectivity index (χ0v) is 18.1. The molecule has 1 aliphatic carbocycles. The number of nitrogens with one attached hydrogen (secondary N) is 1. The standard InChI is InChI=1S/C28H24N2O3/c31-27(22-11-6-12-26-21(22)13-14-33-26)29-16-25-24-15-19(24)17-30(25)28(32)23-10-5-4-9-20(23)18-7-2-1-3-8-18/h1-14,19,24-25H,15-17H2,(H,29,31)/t19-,24-,25-/m1/s1. The van der Waals surface area contributed by atoms with Crippen LogP contribution in [0.1, 0.15) is 27.1 Å². The van der Waals surface area contributed by atoms with Crippen LogP contribution in [-0.4, -0.2) is 35.8 Å². The molecule has 6 rings (SSSR count). The van der Waals surface area contributed by atoms with Crippen LogP contribution in [0.15, 0.2) is 89.5 Å². The van der Waals surface area contributed by atoms with Gasteiger partial charge in [-0.15, -0.1) is 0 Å². The predicted octanol–water partition coefficient (Wildman–Crippen LogP) is 4.99. The molecule has 1 saturated carbocycles. The lowest BCUT2D eigenvalue weighted by Crippen LogP contribution is -2.45. The highest BCUT2D eigenvalue weighted by Gasteiger charge is 2.54. The Balaban J connectivity index is 1.23. The summed E-state index contributed by atoms with van der Waals surface area (Å²) in [6.45, 7) is 1.21. The number of furan rings is 1. The maximum atomic E-state index is 13.7. The molecule has 5 nitrogen and oxygen atoms in total. The Kier molecular flexibility index (Phi) is 4.75. The van der Waals surface area contributed by atoms with E-state index in [4.69, 9.17) is 4.42 Å². The number of likely N-dealkylation sites (tertiary alicyclic amines) is 1. The van der Waals surface area contributed by atoms with E-state index in [9.17, 15) is 9.59 Å². The van der Waals surface area contributed by atoms with Crippen molar-refractivity contribution in [2.24, 2.45) is 11.8 Å². The SMILES string of the molecule is O=C(NC[C@@H]1[C@@H]2C[C@@H]2CN1C(=O)c1ccccc1-c1ccccc1)c1cccc2occc12. The number of rotatable bonds is 5. The van der Waals surface area contributed by atoms with Crippen molar-refractivity contribution in [3.63, 3.8) is 0 Å². The van der Waals surface area contributed by atoms with E-state index in [1.54, 1.807) is 12.3 Å². The molecule has 164 valence electrons. The minimum Gasteiger partial charge on any atom is -0.464 e. The molecule has 0 bridgehead atoms. The van der Waals surface area contributed by atoms with Gasteiger partial charge in [0, 0.05) is 24.0 Å². The first-order valence-corrected chi connectivity index (χ1v) is 11.4. The van der Waals surface area contributed by atoms with Crippen molar-refractivity contribution in [3.05, 3.63) is 96.3 Å². The Morgan fingerprint density at radius 3 is 2.58 bits per heavy atom. The summed E-state index contributed by atoms with van der Waals surface area (Å²) in [6, 6.07) is 25.1.